The van der Waals surface area contributed by atoms with Gasteiger partial charge in [0.15, 0.2) is 11.5 Å². The summed E-state index contributed by atoms with van der Waals surface area (Å²) < 4.78 is 16.4. The van der Waals surface area contributed by atoms with E-state index in [4.69, 9.17) is 14.2 Å². The predicted molar refractivity (Wildman–Crippen MR) is 101 cm³/mol. The first kappa shape index (κ1) is 17.2. The molecule has 8 heteroatoms. The molecule has 1 fully saturated rings. The number of halogens is 1. The second-order valence-corrected chi connectivity index (χ2v) is 7.62. The maximum Gasteiger partial charge on any atom is 0.337 e. The average Bonchev–Trinajstić information content (AvgIpc) is 3.26. The lowest BCUT2D eigenvalue weighted by molar-refractivity contribution is -0.115. The van der Waals surface area contributed by atoms with E-state index in [1.54, 1.807) is 29.2 Å². The summed E-state index contributed by atoms with van der Waals surface area (Å²) in [5, 5.41) is -0.199. The average molecular weight is 436 g/mol. The van der Waals surface area contributed by atoms with Gasteiger partial charge in [0.05, 0.1) is 18.4 Å². The zero-order valence-electron chi connectivity index (χ0n) is 13.7. The van der Waals surface area contributed by atoms with E-state index in [1.807, 2.05) is 12.1 Å². The van der Waals surface area contributed by atoms with Gasteiger partial charge in [-0.25, -0.2) is 4.79 Å². The van der Waals surface area contributed by atoms with Crippen LogP contribution in [0.15, 0.2) is 40.9 Å². The fourth-order valence-corrected chi connectivity index (χ4v) is 4.82. The summed E-state index contributed by atoms with van der Waals surface area (Å²) in [5.74, 6) is 1.34. The molecular weight excluding hydrogens is 422 g/mol. The molecule has 0 aromatic heterocycles. The van der Waals surface area contributed by atoms with Crippen LogP contribution in [-0.2, 0) is 9.53 Å². The maximum atomic E-state index is 12.5. The van der Waals surface area contributed by atoms with Gasteiger partial charge in [-0.15, -0.1) is 11.8 Å². The molecular formula is C18H14BrNO5S. The summed E-state index contributed by atoms with van der Waals surface area (Å²) >= 11 is 5.11. The third kappa shape index (κ3) is 2.93. The van der Waals surface area contributed by atoms with Crippen LogP contribution in [0.3, 0.4) is 0 Å². The van der Waals surface area contributed by atoms with E-state index in [2.05, 4.69) is 15.9 Å². The van der Waals surface area contributed by atoms with Crippen LogP contribution in [0.25, 0.3) is 0 Å². The molecule has 0 N–H and O–H groups in total. The number of hydrogen-bond donors (Lipinski definition) is 0. The Balaban J connectivity index is 1.69. The summed E-state index contributed by atoms with van der Waals surface area (Å²) in [4.78, 5) is 25.9. The van der Waals surface area contributed by atoms with Crippen molar-refractivity contribution in [1.29, 1.82) is 0 Å². The first-order valence-electron chi connectivity index (χ1n) is 7.79. The molecule has 1 unspecified atom stereocenters. The van der Waals surface area contributed by atoms with Crippen molar-refractivity contribution in [2.45, 2.75) is 5.37 Å². The Kier molecular flexibility index (Phi) is 4.54. The van der Waals surface area contributed by atoms with Gasteiger partial charge in [0.2, 0.25) is 12.7 Å². The summed E-state index contributed by atoms with van der Waals surface area (Å²) in [6.45, 7) is 0.195. The Labute approximate surface area is 162 Å². The minimum Gasteiger partial charge on any atom is -0.465 e. The molecule has 2 aromatic carbocycles. The molecule has 0 spiro atoms. The number of rotatable bonds is 3. The van der Waals surface area contributed by atoms with Gasteiger partial charge in [-0.3, -0.25) is 9.69 Å². The number of benzene rings is 2. The third-order valence-corrected chi connectivity index (χ3v) is 6.07. The fourth-order valence-electron chi connectivity index (χ4n) is 2.93. The predicted octanol–water partition coefficient (Wildman–Crippen LogP) is 3.74. The molecule has 0 bridgehead atoms. The van der Waals surface area contributed by atoms with E-state index in [1.165, 1.54) is 18.9 Å². The topological polar surface area (TPSA) is 65.1 Å². The Morgan fingerprint density at radius 3 is 2.62 bits per heavy atom. The van der Waals surface area contributed by atoms with Gasteiger partial charge in [-0.2, -0.15) is 0 Å². The van der Waals surface area contributed by atoms with E-state index in [0.717, 1.165) is 15.7 Å². The highest BCUT2D eigenvalue weighted by molar-refractivity contribution is 9.10. The van der Waals surface area contributed by atoms with Gasteiger partial charge in [-0.05, 0) is 36.4 Å². The van der Waals surface area contributed by atoms with E-state index in [9.17, 15) is 9.59 Å². The van der Waals surface area contributed by atoms with Crippen molar-refractivity contribution in [2.75, 3.05) is 24.6 Å². The van der Waals surface area contributed by atoms with E-state index in [-0.39, 0.29) is 18.1 Å². The van der Waals surface area contributed by atoms with Crippen LogP contribution < -0.4 is 14.4 Å². The number of carbonyl (C=O) groups excluding carboxylic acids is 2. The largest absolute Gasteiger partial charge is 0.465 e. The summed E-state index contributed by atoms with van der Waals surface area (Å²) in [6.07, 6.45) is 0. The standard InChI is InChI=1S/C18H14BrNO5S/c1-23-18(22)10-2-4-11(5-3-10)20-16(21)8-26-17(20)12-6-14-15(7-13(12)19)25-9-24-14/h2-7,17H,8-9H2,1H3. The normalized spacial score (nSPS) is 18.3. The highest BCUT2D eigenvalue weighted by Crippen LogP contribution is 2.47. The molecule has 1 atom stereocenters. The molecule has 1 saturated heterocycles. The zero-order valence-corrected chi connectivity index (χ0v) is 16.1. The molecule has 0 aliphatic carbocycles. The number of nitrogens with zero attached hydrogens (tertiary/aromatic N) is 1. The van der Waals surface area contributed by atoms with E-state index in [0.29, 0.717) is 22.8 Å². The molecule has 26 heavy (non-hydrogen) atoms. The quantitative estimate of drug-likeness (QED) is 0.684. The van der Waals surface area contributed by atoms with Crippen LogP contribution in [0, 0.1) is 0 Å². The third-order valence-electron chi connectivity index (χ3n) is 4.19. The van der Waals surface area contributed by atoms with E-state index >= 15 is 0 Å². The zero-order chi connectivity index (χ0) is 18.3. The van der Waals surface area contributed by atoms with Crippen molar-refractivity contribution in [3.63, 3.8) is 0 Å². The molecule has 1 amide bonds. The molecule has 2 aliphatic heterocycles. The molecule has 134 valence electrons. The lowest BCUT2D eigenvalue weighted by Crippen LogP contribution is -2.28. The minimum absolute atomic E-state index is 0.00962. The summed E-state index contributed by atoms with van der Waals surface area (Å²) in [7, 11) is 1.34. The van der Waals surface area contributed by atoms with Crippen LogP contribution in [0.5, 0.6) is 11.5 Å². The number of amides is 1. The van der Waals surface area contributed by atoms with Gasteiger partial charge in [-0.1, -0.05) is 15.9 Å². The second-order valence-electron chi connectivity index (χ2n) is 5.69. The molecule has 6 nitrogen and oxygen atoms in total. The molecule has 2 aromatic rings. The summed E-state index contributed by atoms with van der Waals surface area (Å²) in [6, 6.07) is 10.6. The molecule has 2 heterocycles. The van der Waals surface area contributed by atoms with Crippen molar-refractivity contribution in [1.82, 2.24) is 0 Å². The SMILES string of the molecule is COC(=O)c1ccc(N2C(=O)CSC2c2cc3c(cc2Br)OCO3)cc1. The maximum absolute atomic E-state index is 12.5. The Bertz CT molecular complexity index is 886. The van der Waals surface area contributed by atoms with Crippen LogP contribution in [0.1, 0.15) is 21.3 Å². The van der Waals surface area contributed by atoms with Crippen molar-refractivity contribution >= 4 is 45.3 Å². The van der Waals surface area contributed by atoms with Crippen molar-refractivity contribution in [3.8, 4) is 11.5 Å². The molecule has 0 radical (unpaired) electrons. The fraction of sp³-hybridized carbons (Fsp3) is 0.222. The van der Waals surface area contributed by atoms with Gasteiger partial charge in [0, 0.05) is 15.7 Å². The number of carbonyl (C=O) groups is 2. The van der Waals surface area contributed by atoms with Crippen LogP contribution >= 0.6 is 27.7 Å². The van der Waals surface area contributed by atoms with Crippen molar-refractivity contribution in [2.24, 2.45) is 0 Å². The number of thioether (sulfide) groups is 1. The number of hydrogen-bond acceptors (Lipinski definition) is 6. The first-order chi connectivity index (χ1) is 12.6. The Hall–Kier alpha value is -2.19. The molecule has 2 aliphatic rings. The Morgan fingerprint density at radius 2 is 1.92 bits per heavy atom. The number of ether oxygens (including phenoxy) is 3. The minimum atomic E-state index is -0.409. The number of anilines is 1. The summed E-state index contributed by atoms with van der Waals surface area (Å²) in [5.41, 5.74) is 2.10. The lowest BCUT2D eigenvalue weighted by Gasteiger charge is -2.25. The van der Waals surface area contributed by atoms with Gasteiger partial charge < -0.3 is 14.2 Å². The van der Waals surface area contributed by atoms with Crippen LogP contribution in [-0.4, -0.2) is 31.5 Å². The second kappa shape index (κ2) is 6.85. The first-order valence-corrected chi connectivity index (χ1v) is 9.64. The molecule has 4 rings (SSSR count). The lowest BCUT2D eigenvalue weighted by atomic mass is 10.1. The van der Waals surface area contributed by atoms with Gasteiger partial charge in [0.1, 0.15) is 5.37 Å². The van der Waals surface area contributed by atoms with Crippen LogP contribution in [0.2, 0.25) is 0 Å². The Morgan fingerprint density at radius 1 is 1.23 bits per heavy atom. The monoisotopic (exact) mass is 435 g/mol. The number of esters is 1. The highest BCUT2D eigenvalue weighted by Gasteiger charge is 2.36. The van der Waals surface area contributed by atoms with E-state index < -0.39 is 5.97 Å². The number of fused-ring (bicyclic) bond motifs is 1. The van der Waals surface area contributed by atoms with Gasteiger partial charge in [0.25, 0.3) is 0 Å². The van der Waals surface area contributed by atoms with Crippen molar-refractivity contribution < 1.29 is 23.8 Å². The van der Waals surface area contributed by atoms with Gasteiger partial charge >= 0.3 is 5.97 Å². The smallest absolute Gasteiger partial charge is 0.337 e. The molecule has 0 saturated carbocycles. The van der Waals surface area contributed by atoms with Crippen LogP contribution in [0.4, 0.5) is 5.69 Å². The number of methoxy groups -OCH3 is 1. The highest BCUT2D eigenvalue weighted by atomic mass is 79.9. The van der Waals surface area contributed by atoms with Crippen molar-refractivity contribution in [3.05, 3.63) is 52.0 Å².